The second-order valence-corrected chi connectivity index (χ2v) is 6.20. The number of guanidine groups is 1. The molecule has 0 radical (unpaired) electrons. The Morgan fingerprint density at radius 2 is 2.08 bits per heavy atom. The molecule has 9 heteroatoms. The van der Waals surface area contributed by atoms with Crippen LogP contribution in [0.3, 0.4) is 0 Å². The number of aliphatic imine (C=N–C) groups is 1. The smallest absolute Gasteiger partial charge is 0.416 e. The molecule has 0 spiro atoms. The Bertz CT molecular complexity index is 618. The molecule has 0 saturated carbocycles. The van der Waals surface area contributed by atoms with Gasteiger partial charge in [-0.15, -0.1) is 24.0 Å². The van der Waals surface area contributed by atoms with Gasteiger partial charge in [0.15, 0.2) is 5.96 Å². The van der Waals surface area contributed by atoms with E-state index in [9.17, 15) is 13.2 Å². The van der Waals surface area contributed by atoms with E-state index in [1.807, 2.05) is 6.92 Å². The SMILES string of the molecule is CN=C(NCc1ccc(OC)cc1C(F)(F)F)NCC1(C)CCCO1.I. The number of rotatable bonds is 5. The highest BCUT2D eigenvalue weighted by molar-refractivity contribution is 14.0. The maximum Gasteiger partial charge on any atom is 0.416 e. The lowest BCUT2D eigenvalue weighted by molar-refractivity contribution is -0.138. The maximum atomic E-state index is 13.2. The third-order valence-corrected chi connectivity index (χ3v) is 4.22. The number of methoxy groups -OCH3 is 1. The number of halogens is 4. The van der Waals surface area contributed by atoms with Crippen LogP contribution in [0.4, 0.5) is 13.2 Å². The Kier molecular flexibility index (Phi) is 8.45. The molecule has 1 saturated heterocycles. The average molecular weight is 487 g/mol. The van der Waals surface area contributed by atoms with Crippen LogP contribution in [0, 0.1) is 0 Å². The van der Waals surface area contributed by atoms with E-state index in [2.05, 4.69) is 15.6 Å². The van der Waals surface area contributed by atoms with Crippen LogP contribution in [0.15, 0.2) is 23.2 Å². The number of nitrogens with zero attached hydrogens (tertiary/aromatic N) is 1. The van der Waals surface area contributed by atoms with Gasteiger partial charge in [-0.2, -0.15) is 13.2 Å². The van der Waals surface area contributed by atoms with Crippen LogP contribution in [0.2, 0.25) is 0 Å². The molecule has 0 bridgehead atoms. The van der Waals surface area contributed by atoms with Crippen molar-refractivity contribution in [3.05, 3.63) is 29.3 Å². The lowest BCUT2D eigenvalue weighted by atomic mass is 10.0. The highest BCUT2D eigenvalue weighted by Gasteiger charge is 2.34. The summed E-state index contributed by atoms with van der Waals surface area (Å²) in [5, 5.41) is 6.03. The van der Waals surface area contributed by atoms with Crippen molar-refractivity contribution in [1.82, 2.24) is 10.6 Å². The zero-order chi connectivity index (χ0) is 18.5. The molecule has 1 unspecified atom stereocenters. The molecule has 1 atom stereocenters. The van der Waals surface area contributed by atoms with Crippen molar-refractivity contribution < 1.29 is 22.6 Å². The van der Waals surface area contributed by atoms with Gasteiger partial charge in [0.25, 0.3) is 0 Å². The molecule has 1 aromatic carbocycles. The van der Waals surface area contributed by atoms with Crippen molar-refractivity contribution in [3.8, 4) is 5.75 Å². The van der Waals surface area contributed by atoms with Gasteiger partial charge in [-0.1, -0.05) is 6.07 Å². The quantitative estimate of drug-likeness (QED) is 0.379. The van der Waals surface area contributed by atoms with E-state index in [-0.39, 0.29) is 47.4 Å². The van der Waals surface area contributed by atoms with E-state index in [1.54, 1.807) is 7.05 Å². The van der Waals surface area contributed by atoms with Crippen LogP contribution in [-0.2, 0) is 17.5 Å². The molecule has 1 aromatic rings. The lowest BCUT2D eigenvalue weighted by Crippen LogP contribution is -2.45. The first-order valence-corrected chi connectivity index (χ1v) is 8.10. The summed E-state index contributed by atoms with van der Waals surface area (Å²) in [5.74, 6) is 0.602. The summed E-state index contributed by atoms with van der Waals surface area (Å²) in [6, 6.07) is 3.92. The van der Waals surface area contributed by atoms with Gasteiger partial charge in [0, 0.05) is 26.7 Å². The standard InChI is InChI=1S/C17H24F3N3O2.HI/c1-16(7-4-8-25-16)11-23-15(21-2)22-10-12-5-6-13(24-3)9-14(12)17(18,19)20;/h5-6,9H,4,7-8,10-11H2,1-3H3,(H2,21,22,23);1H. The average Bonchev–Trinajstić information content (AvgIpc) is 3.01. The predicted octanol–water partition coefficient (Wildman–Crippen LogP) is 3.57. The van der Waals surface area contributed by atoms with E-state index < -0.39 is 11.7 Å². The number of ether oxygens (including phenoxy) is 2. The largest absolute Gasteiger partial charge is 0.497 e. The molecule has 1 heterocycles. The minimum Gasteiger partial charge on any atom is -0.497 e. The van der Waals surface area contributed by atoms with Gasteiger partial charge in [0.2, 0.25) is 0 Å². The van der Waals surface area contributed by atoms with E-state index in [0.29, 0.717) is 12.5 Å². The zero-order valence-electron chi connectivity index (χ0n) is 15.1. The van der Waals surface area contributed by atoms with Crippen LogP contribution in [0.5, 0.6) is 5.75 Å². The van der Waals surface area contributed by atoms with Gasteiger partial charge in [-0.05, 0) is 37.5 Å². The minimum atomic E-state index is -4.45. The summed E-state index contributed by atoms with van der Waals surface area (Å²) in [6.45, 7) is 3.27. The van der Waals surface area contributed by atoms with Gasteiger partial charge >= 0.3 is 6.18 Å². The first-order valence-electron chi connectivity index (χ1n) is 8.10. The Hall–Kier alpha value is -1.23. The molecule has 5 nitrogen and oxygen atoms in total. The van der Waals surface area contributed by atoms with Crippen LogP contribution >= 0.6 is 24.0 Å². The van der Waals surface area contributed by atoms with E-state index in [4.69, 9.17) is 9.47 Å². The van der Waals surface area contributed by atoms with Gasteiger partial charge in [-0.25, -0.2) is 0 Å². The lowest BCUT2D eigenvalue weighted by Gasteiger charge is -2.25. The Morgan fingerprint density at radius 3 is 2.62 bits per heavy atom. The molecule has 2 N–H and O–H groups in total. The fourth-order valence-corrected chi connectivity index (χ4v) is 2.75. The van der Waals surface area contributed by atoms with Crippen LogP contribution in [-0.4, -0.2) is 38.9 Å². The number of alkyl halides is 3. The summed E-state index contributed by atoms with van der Waals surface area (Å²) in [6.07, 6.45) is -2.51. The van der Waals surface area contributed by atoms with Crippen molar-refractivity contribution >= 4 is 29.9 Å². The second kappa shape index (κ2) is 9.63. The van der Waals surface area contributed by atoms with Crippen LogP contribution in [0.1, 0.15) is 30.9 Å². The predicted molar refractivity (Wildman–Crippen MR) is 105 cm³/mol. The normalized spacial score (nSPS) is 20.5. The highest BCUT2D eigenvalue weighted by Crippen LogP contribution is 2.34. The summed E-state index contributed by atoms with van der Waals surface area (Å²) in [7, 11) is 2.91. The molecule has 2 rings (SSSR count). The maximum absolute atomic E-state index is 13.2. The summed E-state index contributed by atoms with van der Waals surface area (Å²) in [4.78, 5) is 4.05. The molecule has 0 aliphatic carbocycles. The zero-order valence-corrected chi connectivity index (χ0v) is 17.4. The van der Waals surface area contributed by atoms with Crippen molar-refractivity contribution in [3.63, 3.8) is 0 Å². The van der Waals surface area contributed by atoms with Crippen molar-refractivity contribution in [2.24, 2.45) is 4.99 Å². The third kappa shape index (κ3) is 6.19. The van der Waals surface area contributed by atoms with Crippen molar-refractivity contribution in [2.45, 2.75) is 38.1 Å². The van der Waals surface area contributed by atoms with Gasteiger partial charge < -0.3 is 20.1 Å². The van der Waals surface area contributed by atoms with E-state index >= 15 is 0 Å². The third-order valence-electron chi connectivity index (χ3n) is 4.22. The molecule has 26 heavy (non-hydrogen) atoms. The van der Waals surface area contributed by atoms with E-state index in [1.165, 1.54) is 19.2 Å². The van der Waals surface area contributed by atoms with Crippen molar-refractivity contribution in [1.29, 1.82) is 0 Å². The second-order valence-electron chi connectivity index (χ2n) is 6.20. The number of nitrogens with one attached hydrogen (secondary N) is 2. The number of hydrogen-bond donors (Lipinski definition) is 2. The fourth-order valence-electron chi connectivity index (χ4n) is 2.75. The molecule has 148 valence electrons. The topological polar surface area (TPSA) is 54.9 Å². The van der Waals surface area contributed by atoms with Gasteiger partial charge in [0.05, 0.1) is 18.3 Å². The van der Waals surface area contributed by atoms with Crippen molar-refractivity contribution in [2.75, 3.05) is 27.3 Å². The minimum absolute atomic E-state index is 0. The molecule has 0 aromatic heterocycles. The first-order chi connectivity index (χ1) is 11.8. The summed E-state index contributed by atoms with van der Waals surface area (Å²) < 4.78 is 50.3. The van der Waals surface area contributed by atoms with Crippen LogP contribution in [0.25, 0.3) is 0 Å². The fraction of sp³-hybridized carbons (Fsp3) is 0.588. The van der Waals surface area contributed by atoms with Crippen LogP contribution < -0.4 is 15.4 Å². The number of hydrogen-bond acceptors (Lipinski definition) is 3. The molecular weight excluding hydrogens is 462 g/mol. The Balaban J connectivity index is 0.00000338. The molecule has 1 aliphatic heterocycles. The summed E-state index contributed by atoms with van der Waals surface area (Å²) in [5.41, 5.74) is -0.866. The summed E-state index contributed by atoms with van der Waals surface area (Å²) >= 11 is 0. The Morgan fingerprint density at radius 1 is 1.35 bits per heavy atom. The molecular formula is C17H25F3IN3O2. The molecule has 1 fully saturated rings. The molecule has 0 amide bonds. The first kappa shape index (κ1) is 22.8. The Labute approximate surface area is 168 Å². The molecule has 1 aliphatic rings. The number of benzene rings is 1. The van der Waals surface area contributed by atoms with Gasteiger partial charge in [-0.3, -0.25) is 4.99 Å². The highest BCUT2D eigenvalue weighted by atomic mass is 127. The van der Waals surface area contributed by atoms with Gasteiger partial charge in [0.1, 0.15) is 5.75 Å². The van der Waals surface area contributed by atoms with E-state index in [0.717, 1.165) is 25.5 Å². The monoisotopic (exact) mass is 487 g/mol.